The molecule has 19 heavy (non-hydrogen) atoms. The van der Waals surface area contributed by atoms with Crippen molar-refractivity contribution in [3.8, 4) is 11.5 Å². The first-order chi connectivity index (χ1) is 9.20. The Balaban J connectivity index is 2.00. The molecule has 0 bridgehead atoms. The number of rotatable bonds is 5. The summed E-state index contributed by atoms with van der Waals surface area (Å²) in [7, 11) is 0. The average Bonchev–Trinajstić information content (AvgIpc) is 2.42. The summed E-state index contributed by atoms with van der Waals surface area (Å²) in [6, 6.07) is 13.0. The van der Waals surface area contributed by atoms with E-state index in [9.17, 15) is 5.11 Å². The summed E-state index contributed by atoms with van der Waals surface area (Å²) in [4.78, 5) is 0. The van der Waals surface area contributed by atoms with Gasteiger partial charge in [0.1, 0.15) is 11.5 Å². The Kier molecular flexibility index (Phi) is 4.53. The summed E-state index contributed by atoms with van der Waals surface area (Å²) >= 11 is 5.86. The Bertz CT molecular complexity index is 540. The number of ether oxygens (including phenoxy) is 1. The molecule has 0 unspecified atom stereocenters. The van der Waals surface area contributed by atoms with Crippen LogP contribution in [0.3, 0.4) is 0 Å². The van der Waals surface area contributed by atoms with Gasteiger partial charge in [0.25, 0.3) is 0 Å². The van der Waals surface area contributed by atoms with Crippen molar-refractivity contribution in [2.45, 2.75) is 13.5 Å². The minimum absolute atomic E-state index is 0.127. The van der Waals surface area contributed by atoms with E-state index in [0.717, 1.165) is 17.0 Å². The van der Waals surface area contributed by atoms with Crippen LogP contribution < -0.4 is 10.1 Å². The van der Waals surface area contributed by atoms with E-state index in [-0.39, 0.29) is 5.75 Å². The second-order valence-electron chi connectivity index (χ2n) is 4.06. The molecule has 0 aliphatic heterocycles. The first-order valence-corrected chi connectivity index (χ1v) is 6.51. The van der Waals surface area contributed by atoms with Crippen LogP contribution in [-0.4, -0.2) is 11.7 Å². The largest absolute Gasteiger partial charge is 0.506 e. The molecule has 0 spiro atoms. The lowest BCUT2D eigenvalue weighted by Crippen LogP contribution is -2.00. The number of benzene rings is 2. The van der Waals surface area contributed by atoms with Gasteiger partial charge >= 0.3 is 0 Å². The quantitative estimate of drug-likeness (QED) is 0.866. The second-order valence-corrected chi connectivity index (χ2v) is 4.47. The minimum atomic E-state index is 0.127. The van der Waals surface area contributed by atoms with Gasteiger partial charge in [0.2, 0.25) is 0 Å². The van der Waals surface area contributed by atoms with Crippen molar-refractivity contribution in [2.75, 3.05) is 11.9 Å². The number of halogens is 1. The average molecular weight is 278 g/mol. The van der Waals surface area contributed by atoms with Crippen LogP contribution in [-0.2, 0) is 6.54 Å². The van der Waals surface area contributed by atoms with Crippen molar-refractivity contribution in [1.82, 2.24) is 0 Å². The molecule has 0 amide bonds. The lowest BCUT2D eigenvalue weighted by atomic mass is 10.2. The van der Waals surface area contributed by atoms with Crippen molar-refractivity contribution in [3.05, 3.63) is 53.1 Å². The van der Waals surface area contributed by atoms with Crippen LogP contribution in [0.4, 0.5) is 5.69 Å². The van der Waals surface area contributed by atoms with Crippen LogP contribution in [0, 0.1) is 0 Å². The van der Waals surface area contributed by atoms with Gasteiger partial charge in [-0.3, -0.25) is 0 Å². The molecule has 2 N–H and O–H groups in total. The summed E-state index contributed by atoms with van der Waals surface area (Å²) in [5.41, 5.74) is 1.73. The van der Waals surface area contributed by atoms with Crippen molar-refractivity contribution < 1.29 is 9.84 Å². The predicted octanol–water partition coefficient (Wildman–Crippen LogP) is 4.06. The van der Waals surface area contributed by atoms with Gasteiger partial charge in [-0.1, -0.05) is 23.7 Å². The lowest BCUT2D eigenvalue weighted by Gasteiger charge is -2.10. The molecule has 0 fully saturated rings. The Labute approximate surface area is 117 Å². The Morgan fingerprint density at radius 2 is 1.89 bits per heavy atom. The Morgan fingerprint density at radius 3 is 2.58 bits per heavy atom. The summed E-state index contributed by atoms with van der Waals surface area (Å²) in [5, 5.41) is 13.4. The number of hydrogen-bond donors (Lipinski definition) is 2. The molecule has 0 aromatic heterocycles. The third-order valence-electron chi connectivity index (χ3n) is 2.72. The molecule has 0 aliphatic carbocycles. The third-order valence-corrected chi connectivity index (χ3v) is 3.02. The standard InChI is InChI=1S/C15H16ClNO2/c1-2-19-13-8-6-12(7-9-13)17-10-11-4-3-5-14(16)15(11)18/h3-9,17-18H,2,10H2,1H3. The van der Waals surface area contributed by atoms with E-state index in [4.69, 9.17) is 16.3 Å². The molecule has 2 aromatic rings. The SMILES string of the molecule is CCOc1ccc(NCc2cccc(Cl)c2O)cc1. The van der Waals surface area contributed by atoms with Crippen LogP contribution in [0.2, 0.25) is 5.02 Å². The number of anilines is 1. The van der Waals surface area contributed by atoms with Crippen molar-refractivity contribution >= 4 is 17.3 Å². The van der Waals surface area contributed by atoms with Gasteiger partial charge in [-0.25, -0.2) is 0 Å². The zero-order valence-electron chi connectivity index (χ0n) is 10.7. The molecule has 0 saturated carbocycles. The monoisotopic (exact) mass is 277 g/mol. The van der Waals surface area contributed by atoms with Crippen LogP contribution in [0.15, 0.2) is 42.5 Å². The highest BCUT2D eigenvalue weighted by Gasteiger charge is 2.04. The van der Waals surface area contributed by atoms with Gasteiger partial charge in [0, 0.05) is 17.8 Å². The summed E-state index contributed by atoms with van der Waals surface area (Å²) in [6.07, 6.45) is 0. The second kappa shape index (κ2) is 6.34. The topological polar surface area (TPSA) is 41.5 Å². The minimum Gasteiger partial charge on any atom is -0.506 e. The lowest BCUT2D eigenvalue weighted by molar-refractivity contribution is 0.340. The van der Waals surface area contributed by atoms with Gasteiger partial charge in [0.05, 0.1) is 11.6 Å². The third kappa shape index (κ3) is 3.55. The Hall–Kier alpha value is -1.87. The molecule has 0 radical (unpaired) electrons. The number of phenolic OH excluding ortho intramolecular Hbond substituents is 1. The van der Waals surface area contributed by atoms with E-state index in [2.05, 4.69) is 5.32 Å². The highest BCUT2D eigenvalue weighted by molar-refractivity contribution is 6.32. The fraction of sp³-hybridized carbons (Fsp3) is 0.200. The maximum atomic E-state index is 9.80. The number of phenols is 1. The molecule has 3 nitrogen and oxygen atoms in total. The van der Waals surface area contributed by atoms with E-state index in [1.54, 1.807) is 6.07 Å². The molecule has 0 atom stereocenters. The van der Waals surface area contributed by atoms with Crippen molar-refractivity contribution in [3.63, 3.8) is 0 Å². The van der Waals surface area contributed by atoms with Gasteiger partial charge in [-0.2, -0.15) is 0 Å². The van der Waals surface area contributed by atoms with E-state index < -0.39 is 0 Å². The van der Waals surface area contributed by atoms with Crippen LogP contribution in [0.25, 0.3) is 0 Å². The normalized spacial score (nSPS) is 10.2. The zero-order chi connectivity index (χ0) is 13.7. The maximum Gasteiger partial charge on any atom is 0.139 e. The highest BCUT2D eigenvalue weighted by atomic mass is 35.5. The molecule has 100 valence electrons. The highest BCUT2D eigenvalue weighted by Crippen LogP contribution is 2.27. The van der Waals surface area contributed by atoms with Crippen LogP contribution in [0.5, 0.6) is 11.5 Å². The van der Waals surface area contributed by atoms with Crippen LogP contribution in [0.1, 0.15) is 12.5 Å². The summed E-state index contributed by atoms with van der Waals surface area (Å²) in [6.45, 7) is 3.12. The molecule has 2 rings (SSSR count). The molecule has 0 saturated heterocycles. The molecular weight excluding hydrogens is 262 g/mol. The summed E-state index contributed by atoms with van der Waals surface area (Å²) < 4.78 is 5.37. The van der Waals surface area contributed by atoms with Crippen LogP contribution >= 0.6 is 11.6 Å². The van der Waals surface area contributed by atoms with Gasteiger partial charge < -0.3 is 15.2 Å². The van der Waals surface area contributed by atoms with E-state index in [1.807, 2.05) is 43.3 Å². The molecule has 2 aromatic carbocycles. The van der Waals surface area contributed by atoms with Gasteiger partial charge in [-0.05, 0) is 37.3 Å². The Morgan fingerprint density at radius 1 is 1.16 bits per heavy atom. The molecule has 0 heterocycles. The molecule has 4 heteroatoms. The number of para-hydroxylation sites is 1. The first kappa shape index (κ1) is 13.6. The fourth-order valence-electron chi connectivity index (χ4n) is 1.74. The smallest absolute Gasteiger partial charge is 0.139 e. The zero-order valence-corrected chi connectivity index (χ0v) is 11.4. The van der Waals surface area contributed by atoms with Gasteiger partial charge in [-0.15, -0.1) is 0 Å². The molecule has 0 aliphatic rings. The number of nitrogens with one attached hydrogen (secondary N) is 1. The fourth-order valence-corrected chi connectivity index (χ4v) is 1.93. The molecular formula is C15H16ClNO2. The number of hydrogen-bond acceptors (Lipinski definition) is 3. The van der Waals surface area contributed by atoms with E-state index in [1.165, 1.54) is 0 Å². The van der Waals surface area contributed by atoms with E-state index in [0.29, 0.717) is 18.2 Å². The summed E-state index contributed by atoms with van der Waals surface area (Å²) in [5.74, 6) is 0.973. The van der Waals surface area contributed by atoms with Gasteiger partial charge in [0.15, 0.2) is 0 Å². The maximum absolute atomic E-state index is 9.80. The van der Waals surface area contributed by atoms with Crippen molar-refractivity contribution in [2.24, 2.45) is 0 Å². The van der Waals surface area contributed by atoms with Crippen molar-refractivity contribution in [1.29, 1.82) is 0 Å². The number of aromatic hydroxyl groups is 1. The predicted molar refractivity (Wildman–Crippen MR) is 78.1 cm³/mol. The van der Waals surface area contributed by atoms with E-state index >= 15 is 0 Å². The first-order valence-electron chi connectivity index (χ1n) is 6.13.